The van der Waals surface area contributed by atoms with Gasteiger partial charge in [-0.15, -0.1) is 0 Å². The van der Waals surface area contributed by atoms with Crippen molar-refractivity contribution >= 4 is 11.7 Å². The average molecular weight is 370 g/mol. The van der Waals surface area contributed by atoms with Crippen LogP contribution in [0.25, 0.3) is 11.1 Å². The molecular formula is C24H22N2O2. The Morgan fingerprint density at radius 2 is 1.79 bits per heavy atom. The summed E-state index contributed by atoms with van der Waals surface area (Å²) < 4.78 is 0. The van der Waals surface area contributed by atoms with Crippen molar-refractivity contribution in [3.8, 4) is 11.1 Å². The number of pyridine rings is 1. The van der Waals surface area contributed by atoms with Crippen LogP contribution >= 0.6 is 0 Å². The molecule has 0 saturated carbocycles. The Morgan fingerprint density at radius 1 is 0.964 bits per heavy atom. The van der Waals surface area contributed by atoms with Gasteiger partial charge in [0.25, 0.3) is 0 Å². The third-order valence-electron chi connectivity index (χ3n) is 5.38. The fourth-order valence-electron chi connectivity index (χ4n) is 3.85. The molecule has 3 aromatic rings. The van der Waals surface area contributed by atoms with Gasteiger partial charge in [-0.25, -0.2) is 0 Å². The summed E-state index contributed by atoms with van der Waals surface area (Å²) in [5.41, 5.74) is 12.0. The third-order valence-corrected chi connectivity index (χ3v) is 5.38. The van der Waals surface area contributed by atoms with E-state index < -0.39 is 0 Å². The van der Waals surface area contributed by atoms with Crippen molar-refractivity contribution < 1.29 is 9.59 Å². The number of ketones is 1. The maximum absolute atomic E-state index is 12.0. The highest BCUT2D eigenvalue weighted by Gasteiger charge is 2.19. The number of aromatic nitrogens is 1. The van der Waals surface area contributed by atoms with Gasteiger partial charge in [0.05, 0.1) is 5.92 Å². The molecule has 1 heterocycles. The SMILES string of the molecule is NC(=O)C(Cc1cncc(-c2ccc3c(c2)CCC(=O)C3)c1)c1ccccc1. The van der Waals surface area contributed by atoms with Crippen molar-refractivity contribution in [2.45, 2.75) is 31.6 Å². The van der Waals surface area contributed by atoms with Gasteiger partial charge in [-0.3, -0.25) is 14.6 Å². The molecular weight excluding hydrogens is 348 g/mol. The predicted molar refractivity (Wildman–Crippen MR) is 109 cm³/mol. The number of carbonyl (C=O) groups excluding carboxylic acids is 2. The number of nitrogens with zero attached hydrogens (tertiary/aromatic N) is 1. The number of Topliss-reactive ketones (excluding diaryl/α,β-unsaturated/α-hetero) is 1. The molecule has 0 fully saturated rings. The van der Waals surface area contributed by atoms with Crippen LogP contribution in [0.3, 0.4) is 0 Å². The normalized spacial score (nSPS) is 14.4. The molecule has 1 unspecified atom stereocenters. The number of aryl methyl sites for hydroxylation is 1. The van der Waals surface area contributed by atoms with E-state index >= 15 is 0 Å². The maximum atomic E-state index is 12.0. The lowest BCUT2D eigenvalue weighted by atomic mass is 9.88. The van der Waals surface area contributed by atoms with Crippen LogP contribution < -0.4 is 5.73 Å². The van der Waals surface area contributed by atoms with Gasteiger partial charge in [-0.2, -0.15) is 0 Å². The number of amides is 1. The molecule has 0 spiro atoms. The number of carbonyl (C=O) groups is 2. The first-order valence-corrected chi connectivity index (χ1v) is 9.52. The van der Waals surface area contributed by atoms with Crippen molar-refractivity contribution in [3.05, 3.63) is 89.2 Å². The Kier molecular flexibility index (Phi) is 5.02. The Labute approximate surface area is 164 Å². The van der Waals surface area contributed by atoms with Gasteiger partial charge in [0.15, 0.2) is 0 Å². The van der Waals surface area contributed by atoms with Gasteiger partial charge in [0.1, 0.15) is 5.78 Å². The van der Waals surface area contributed by atoms with Crippen molar-refractivity contribution in [2.24, 2.45) is 5.73 Å². The van der Waals surface area contributed by atoms with E-state index in [9.17, 15) is 9.59 Å². The van der Waals surface area contributed by atoms with E-state index in [1.807, 2.05) is 48.7 Å². The molecule has 0 radical (unpaired) electrons. The van der Waals surface area contributed by atoms with Gasteiger partial charge in [0, 0.05) is 30.8 Å². The fourth-order valence-corrected chi connectivity index (χ4v) is 3.85. The molecule has 0 bridgehead atoms. The monoisotopic (exact) mass is 370 g/mol. The lowest BCUT2D eigenvalue weighted by Gasteiger charge is -2.17. The van der Waals surface area contributed by atoms with E-state index in [4.69, 9.17) is 5.73 Å². The van der Waals surface area contributed by atoms with Gasteiger partial charge in [-0.1, -0.05) is 48.5 Å². The Morgan fingerprint density at radius 3 is 2.57 bits per heavy atom. The van der Waals surface area contributed by atoms with E-state index in [1.54, 1.807) is 6.20 Å². The van der Waals surface area contributed by atoms with Crippen LogP contribution in [-0.4, -0.2) is 16.7 Å². The molecule has 4 nitrogen and oxygen atoms in total. The number of nitrogens with two attached hydrogens (primary N) is 1. The second-order valence-electron chi connectivity index (χ2n) is 7.35. The summed E-state index contributed by atoms with van der Waals surface area (Å²) in [6, 6.07) is 17.9. The van der Waals surface area contributed by atoms with Crippen LogP contribution in [0.1, 0.15) is 34.6 Å². The van der Waals surface area contributed by atoms with Gasteiger partial charge < -0.3 is 5.73 Å². The minimum absolute atomic E-state index is 0.308. The van der Waals surface area contributed by atoms with E-state index in [2.05, 4.69) is 17.1 Å². The largest absolute Gasteiger partial charge is 0.369 e. The fraction of sp³-hybridized carbons (Fsp3) is 0.208. The van der Waals surface area contributed by atoms with Crippen LogP contribution in [-0.2, 0) is 28.9 Å². The first-order valence-electron chi connectivity index (χ1n) is 9.52. The molecule has 1 atom stereocenters. The van der Waals surface area contributed by atoms with E-state index in [0.717, 1.165) is 34.2 Å². The van der Waals surface area contributed by atoms with Gasteiger partial charge >= 0.3 is 0 Å². The number of rotatable bonds is 5. The zero-order chi connectivity index (χ0) is 19.5. The van der Waals surface area contributed by atoms with E-state index in [0.29, 0.717) is 25.0 Å². The summed E-state index contributed by atoms with van der Waals surface area (Å²) in [5, 5.41) is 0. The summed E-state index contributed by atoms with van der Waals surface area (Å²) in [7, 11) is 0. The zero-order valence-electron chi connectivity index (χ0n) is 15.6. The minimum atomic E-state index is -0.382. The average Bonchev–Trinajstić information content (AvgIpc) is 2.72. The third kappa shape index (κ3) is 3.86. The Bertz CT molecular complexity index is 1030. The predicted octanol–water partition coefficient (Wildman–Crippen LogP) is 3.62. The van der Waals surface area contributed by atoms with Crippen molar-refractivity contribution in [2.75, 3.05) is 0 Å². The number of hydrogen-bond donors (Lipinski definition) is 1. The smallest absolute Gasteiger partial charge is 0.225 e. The molecule has 2 N–H and O–H groups in total. The maximum Gasteiger partial charge on any atom is 0.225 e. The molecule has 1 aliphatic rings. The minimum Gasteiger partial charge on any atom is -0.369 e. The number of primary amides is 1. The lowest BCUT2D eigenvalue weighted by molar-refractivity contribution is -0.120. The molecule has 0 aliphatic heterocycles. The van der Waals surface area contributed by atoms with Crippen LogP contribution in [0.15, 0.2) is 67.0 Å². The molecule has 4 heteroatoms. The molecule has 28 heavy (non-hydrogen) atoms. The first-order chi connectivity index (χ1) is 13.6. The molecule has 1 aliphatic carbocycles. The second kappa shape index (κ2) is 7.77. The Balaban J connectivity index is 1.61. The Hall–Kier alpha value is -3.27. The number of hydrogen-bond acceptors (Lipinski definition) is 3. The van der Waals surface area contributed by atoms with Crippen molar-refractivity contribution in [1.29, 1.82) is 0 Å². The molecule has 2 aromatic carbocycles. The summed E-state index contributed by atoms with van der Waals surface area (Å²) >= 11 is 0. The molecule has 0 saturated heterocycles. The standard InChI is InChI=1S/C24H22N2O2/c25-24(28)23(17-4-2-1-3-5-17)11-16-10-21(15-26-14-16)19-6-7-20-13-22(27)9-8-18(20)12-19/h1-7,10,12,14-15,23H,8-9,11,13H2,(H2,25,28). The van der Waals surface area contributed by atoms with Crippen molar-refractivity contribution in [3.63, 3.8) is 0 Å². The summed E-state index contributed by atoms with van der Waals surface area (Å²) in [4.78, 5) is 28.1. The van der Waals surface area contributed by atoms with Gasteiger partial charge in [-0.05, 0) is 46.7 Å². The van der Waals surface area contributed by atoms with Crippen LogP contribution in [0, 0.1) is 0 Å². The topological polar surface area (TPSA) is 73.1 Å². The summed E-state index contributed by atoms with van der Waals surface area (Å²) in [5.74, 6) is -0.412. The quantitative estimate of drug-likeness (QED) is 0.745. The van der Waals surface area contributed by atoms with Crippen LogP contribution in [0.5, 0.6) is 0 Å². The molecule has 140 valence electrons. The van der Waals surface area contributed by atoms with E-state index in [1.165, 1.54) is 5.56 Å². The highest BCUT2D eigenvalue weighted by molar-refractivity contribution is 5.84. The zero-order valence-corrected chi connectivity index (χ0v) is 15.6. The van der Waals surface area contributed by atoms with Crippen LogP contribution in [0.4, 0.5) is 0 Å². The summed E-state index contributed by atoms with van der Waals surface area (Å²) in [6.07, 6.45) is 6.09. The van der Waals surface area contributed by atoms with Gasteiger partial charge in [0.2, 0.25) is 5.91 Å². The number of benzene rings is 2. The lowest BCUT2D eigenvalue weighted by Crippen LogP contribution is -2.23. The second-order valence-corrected chi connectivity index (χ2v) is 7.35. The molecule has 4 rings (SSSR count). The molecule has 1 aromatic heterocycles. The highest BCUT2D eigenvalue weighted by Crippen LogP contribution is 2.28. The highest BCUT2D eigenvalue weighted by atomic mass is 16.1. The van der Waals surface area contributed by atoms with Crippen LogP contribution in [0.2, 0.25) is 0 Å². The van der Waals surface area contributed by atoms with E-state index in [-0.39, 0.29) is 11.8 Å². The van der Waals surface area contributed by atoms with Crippen molar-refractivity contribution in [1.82, 2.24) is 4.98 Å². The molecule has 1 amide bonds. The number of fused-ring (bicyclic) bond motifs is 1. The first kappa shape index (κ1) is 18.1. The summed E-state index contributed by atoms with van der Waals surface area (Å²) in [6.45, 7) is 0.